The number of rotatable bonds is 22. The lowest BCUT2D eigenvalue weighted by atomic mass is 9.91. The van der Waals surface area contributed by atoms with E-state index in [9.17, 15) is 0 Å². The van der Waals surface area contributed by atoms with Crippen LogP contribution in [0.3, 0.4) is 0 Å². The van der Waals surface area contributed by atoms with Crippen molar-refractivity contribution in [2.45, 2.75) is 122 Å². The normalized spacial score (nSPS) is 13.2. The molecule has 0 spiro atoms. The van der Waals surface area contributed by atoms with Crippen molar-refractivity contribution in [1.82, 2.24) is 0 Å². The van der Waals surface area contributed by atoms with Crippen LogP contribution in [-0.4, -0.2) is 32.6 Å². The third-order valence-corrected chi connectivity index (χ3v) is 6.51. The number of alkyl halides is 1. The second kappa shape index (κ2) is 20.6. The molecular weight excluding hydrogens is 416 g/mol. The number of hydrogen-bond donors (Lipinski definition) is 0. The highest BCUT2D eigenvalue weighted by atomic mass is 79.9. The van der Waals surface area contributed by atoms with E-state index in [0.29, 0.717) is 5.92 Å². The summed E-state index contributed by atoms with van der Waals surface area (Å²) in [5.41, 5.74) is 0. The van der Waals surface area contributed by atoms with Crippen LogP contribution in [0.5, 0.6) is 0 Å². The van der Waals surface area contributed by atoms with Gasteiger partial charge in [-0.3, -0.25) is 0 Å². The van der Waals surface area contributed by atoms with Crippen molar-refractivity contribution in [3.63, 3.8) is 0 Å². The Labute approximate surface area is 184 Å². The molecule has 0 aromatic rings. The molecule has 0 saturated heterocycles. The Morgan fingerprint density at radius 1 is 0.571 bits per heavy atom. The van der Waals surface area contributed by atoms with Gasteiger partial charge in [-0.2, -0.15) is 0 Å². The second-order valence-corrected chi connectivity index (χ2v) is 8.92. The molecule has 28 heavy (non-hydrogen) atoms. The quantitative estimate of drug-likeness (QED) is 0.0915. The number of ether oxygens (including phenoxy) is 3. The van der Waals surface area contributed by atoms with Crippen LogP contribution in [0.4, 0.5) is 0 Å². The van der Waals surface area contributed by atoms with Crippen LogP contribution in [-0.2, 0) is 14.2 Å². The maximum atomic E-state index is 5.69. The van der Waals surface area contributed by atoms with Crippen LogP contribution in [0.25, 0.3) is 0 Å². The first-order valence-electron chi connectivity index (χ1n) is 11.9. The van der Waals surface area contributed by atoms with Crippen LogP contribution in [0, 0.1) is 5.92 Å². The predicted octanol–water partition coefficient (Wildman–Crippen LogP) is 8.24. The third-order valence-electron chi connectivity index (χ3n) is 5.95. The van der Waals surface area contributed by atoms with Crippen molar-refractivity contribution < 1.29 is 14.2 Å². The molecule has 0 bridgehead atoms. The summed E-state index contributed by atoms with van der Waals surface area (Å²) in [6.45, 7) is 2.27. The monoisotopic (exact) mass is 464 g/mol. The fourth-order valence-corrected chi connectivity index (χ4v) is 4.54. The van der Waals surface area contributed by atoms with Crippen LogP contribution >= 0.6 is 15.9 Å². The smallest absolute Gasteiger partial charge is 0.285 e. The van der Waals surface area contributed by atoms with E-state index in [4.69, 9.17) is 14.2 Å². The molecule has 1 atom stereocenters. The van der Waals surface area contributed by atoms with Crippen molar-refractivity contribution in [1.29, 1.82) is 0 Å². The molecule has 3 nitrogen and oxygen atoms in total. The number of unbranched alkanes of at least 4 members (excludes halogenated alkanes) is 13. The zero-order chi connectivity index (χ0) is 20.9. The molecule has 0 N–H and O–H groups in total. The van der Waals surface area contributed by atoms with E-state index in [1.54, 1.807) is 21.3 Å². The summed E-state index contributed by atoms with van der Waals surface area (Å²) in [7, 11) is 5.12. The highest BCUT2D eigenvalue weighted by Crippen LogP contribution is 2.33. The van der Waals surface area contributed by atoms with Gasteiger partial charge in [0.2, 0.25) is 0 Å². The van der Waals surface area contributed by atoms with Gasteiger partial charge in [-0.05, 0) is 19.3 Å². The van der Waals surface area contributed by atoms with Gasteiger partial charge in [0, 0.05) is 32.6 Å². The Kier molecular flexibility index (Phi) is 20.9. The molecular formula is C24H49BrO3. The lowest BCUT2D eigenvalue weighted by molar-refractivity contribution is -0.380. The molecule has 0 saturated carbocycles. The topological polar surface area (TPSA) is 27.7 Å². The van der Waals surface area contributed by atoms with Gasteiger partial charge in [-0.25, -0.2) is 0 Å². The molecule has 0 aliphatic heterocycles. The highest BCUT2D eigenvalue weighted by molar-refractivity contribution is 9.09. The van der Waals surface area contributed by atoms with Crippen molar-refractivity contribution in [2.24, 2.45) is 5.92 Å². The minimum atomic E-state index is -0.876. The molecule has 1 unspecified atom stereocenters. The van der Waals surface area contributed by atoms with Crippen molar-refractivity contribution in [2.75, 3.05) is 26.7 Å². The zero-order valence-electron chi connectivity index (χ0n) is 19.4. The minimum Gasteiger partial charge on any atom is -0.331 e. The number of hydrogen-bond acceptors (Lipinski definition) is 3. The third kappa shape index (κ3) is 13.6. The Bertz CT molecular complexity index is 300. The Balaban J connectivity index is 4.10. The number of methoxy groups -OCH3 is 3. The Morgan fingerprint density at radius 3 is 1.29 bits per heavy atom. The zero-order valence-corrected chi connectivity index (χ0v) is 21.0. The first-order chi connectivity index (χ1) is 13.7. The van der Waals surface area contributed by atoms with E-state index >= 15 is 0 Å². The maximum Gasteiger partial charge on any atom is 0.285 e. The van der Waals surface area contributed by atoms with Gasteiger partial charge in [0.1, 0.15) is 0 Å². The van der Waals surface area contributed by atoms with Crippen LogP contribution in [0.15, 0.2) is 0 Å². The van der Waals surface area contributed by atoms with E-state index in [2.05, 4.69) is 22.9 Å². The van der Waals surface area contributed by atoms with Gasteiger partial charge in [-0.1, -0.05) is 113 Å². The Hall–Kier alpha value is 0.360. The van der Waals surface area contributed by atoms with Gasteiger partial charge in [0.05, 0.1) is 0 Å². The van der Waals surface area contributed by atoms with E-state index in [0.717, 1.165) is 18.2 Å². The average molecular weight is 466 g/mol. The van der Waals surface area contributed by atoms with Crippen LogP contribution < -0.4 is 0 Å². The van der Waals surface area contributed by atoms with E-state index in [-0.39, 0.29) is 0 Å². The van der Waals surface area contributed by atoms with E-state index < -0.39 is 5.97 Å². The van der Waals surface area contributed by atoms with Crippen molar-refractivity contribution >= 4 is 15.9 Å². The summed E-state index contributed by atoms with van der Waals surface area (Å²) in [5.74, 6) is -0.568. The first kappa shape index (κ1) is 28.4. The maximum absolute atomic E-state index is 5.69. The van der Waals surface area contributed by atoms with Gasteiger partial charge in [0.25, 0.3) is 5.97 Å². The van der Waals surface area contributed by atoms with Crippen LogP contribution in [0.2, 0.25) is 0 Å². The molecule has 0 aromatic carbocycles. The summed E-state index contributed by atoms with van der Waals surface area (Å²) in [5, 5.41) is 1.15. The molecule has 0 aromatic heterocycles. The predicted molar refractivity (Wildman–Crippen MR) is 125 cm³/mol. The molecule has 0 rings (SSSR count). The summed E-state index contributed by atoms with van der Waals surface area (Å²) in [6.07, 6.45) is 22.3. The summed E-state index contributed by atoms with van der Waals surface area (Å²) >= 11 is 3.50. The Morgan fingerprint density at radius 2 is 0.929 bits per heavy atom. The van der Waals surface area contributed by atoms with Crippen LogP contribution in [0.1, 0.15) is 116 Å². The van der Waals surface area contributed by atoms with Crippen molar-refractivity contribution in [3.05, 3.63) is 0 Å². The largest absolute Gasteiger partial charge is 0.331 e. The molecule has 0 amide bonds. The molecule has 0 aliphatic carbocycles. The second-order valence-electron chi connectivity index (χ2n) is 8.13. The molecule has 0 radical (unpaired) electrons. The lowest BCUT2D eigenvalue weighted by Gasteiger charge is -2.36. The first-order valence-corrected chi connectivity index (χ1v) is 13.0. The highest BCUT2D eigenvalue weighted by Gasteiger charge is 2.39. The van der Waals surface area contributed by atoms with Gasteiger partial charge < -0.3 is 14.2 Å². The van der Waals surface area contributed by atoms with Gasteiger partial charge in [-0.15, -0.1) is 0 Å². The minimum absolute atomic E-state index is 0.308. The number of halogens is 1. The summed E-state index contributed by atoms with van der Waals surface area (Å²) in [4.78, 5) is 0. The van der Waals surface area contributed by atoms with E-state index in [1.165, 1.54) is 96.3 Å². The van der Waals surface area contributed by atoms with Gasteiger partial charge >= 0.3 is 0 Å². The molecule has 170 valence electrons. The van der Waals surface area contributed by atoms with E-state index in [1.807, 2.05) is 0 Å². The molecule has 4 heteroatoms. The van der Waals surface area contributed by atoms with Gasteiger partial charge in [0.15, 0.2) is 0 Å². The molecule has 0 fully saturated rings. The summed E-state index contributed by atoms with van der Waals surface area (Å²) < 4.78 is 17.1. The lowest BCUT2D eigenvalue weighted by Crippen LogP contribution is -2.44. The fourth-order valence-electron chi connectivity index (χ4n) is 4.14. The molecule has 0 heterocycles. The standard InChI is InChI=1S/C24H49BrO3/c1-5-6-7-8-14-17-20-23(24(26-2,27-3)28-4)21-18-15-12-10-9-11-13-16-19-22-25/h23H,5-22H2,1-4H3. The average Bonchev–Trinajstić information content (AvgIpc) is 2.72. The molecule has 0 aliphatic rings. The SMILES string of the molecule is CCCCCCCCC(CCCCCCCCCCCBr)C(OC)(OC)OC. The fraction of sp³-hybridized carbons (Fsp3) is 1.00. The van der Waals surface area contributed by atoms with Crippen molar-refractivity contribution in [3.8, 4) is 0 Å². The summed E-state index contributed by atoms with van der Waals surface area (Å²) in [6, 6.07) is 0.